The summed E-state index contributed by atoms with van der Waals surface area (Å²) >= 11 is 10.5. The van der Waals surface area contributed by atoms with E-state index in [4.69, 9.17) is 23.2 Å². The molecule has 0 radical (unpaired) electrons. The summed E-state index contributed by atoms with van der Waals surface area (Å²) in [6.07, 6.45) is 0.979. The number of carbonyl (C=O) groups excluding carboxylic acids is 1. The quantitative estimate of drug-likeness (QED) is 0.778. The molecule has 3 nitrogen and oxygen atoms in total. The van der Waals surface area contributed by atoms with Crippen LogP contribution in [-0.2, 0) is 4.79 Å². The van der Waals surface area contributed by atoms with E-state index in [9.17, 15) is 9.18 Å². The van der Waals surface area contributed by atoms with E-state index >= 15 is 0 Å². The van der Waals surface area contributed by atoms with Crippen LogP contribution in [0.15, 0.2) is 18.3 Å². The maximum absolute atomic E-state index is 12.4. The minimum Gasteiger partial charge on any atom is -0.308 e. The van der Waals surface area contributed by atoms with Crippen LogP contribution in [-0.4, -0.2) is 15.7 Å². The number of hydrogen-bond acceptors (Lipinski definition) is 2. The average molecular weight is 223 g/mol. The fraction of sp³-hybridized carbons (Fsp3) is 0.143. The molecular formula is C7H5Cl2FN2O. The van der Waals surface area contributed by atoms with Gasteiger partial charge in [0.05, 0.1) is 6.20 Å². The van der Waals surface area contributed by atoms with Crippen molar-refractivity contribution < 1.29 is 9.18 Å². The molecule has 13 heavy (non-hydrogen) atoms. The van der Waals surface area contributed by atoms with Gasteiger partial charge in [0.25, 0.3) is 5.91 Å². The molecule has 0 unspecified atom stereocenters. The van der Waals surface area contributed by atoms with Gasteiger partial charge >= 0.3 is 0 Å². The van der Waals surface area contributed by atoms with Gasteiger partial charge < -0.3 is 5.32 Å². The monoisotopic (exact) mass is 222 g/mol. The smallest absolute Gasteiger partial charge is 0.258 e. The first-order valence-corrected chi connectivity index (χ1v) is 4.17. The van der Waals surface area contributed by atoms with Crippen LogP contribution in [0.4, 0.5) is 10.2 Å². The summed E-state index contributed by atoms with van der Waals surface area (Å²) in [5.41, 5.74) is 0. The Balaban J connectivity index is 2.65. The van der Waals surface area contributed by atoms with Crippen LogP contribution >= 0.6 is 23.2 Å². The molecule has 0 aliphatic carbocycles. The Morgan fingerprint density at radius 2 is 2.23 bits per heavy atom. The molecule has 0 saturated carbocycles. The second-order valence-corrected chi connectivity index (χ2v) is 3.25. The molecule has 1 aromatic rings. The zero-order chi connectivity index (χ0) is 9.84. The number of nitrogens with zero attached hydrogens (tertiary/aromatic N) is 1. The lowest BCUT2D eigenvalue weighted by molar-refractivity contribution is -0.114. The highest BCUT2D eigenvalue weighted by Crippen LogP contribution is 2.07. The third kappa shape index (κ3) is 3.16. The highest BCUT2D eigenvalue weighted by molar-refractivity contribution is 6.54. The number of carbonyl (C=O) groups is 1. The second kappa shape index (κ2) is 4.39. The van der Waals surface area contributed by atoms with E-state index in [2.05, 4.69) is 10.3 Å². The number of nitrogens with one attached hydrogen (secondary N) is 1. The van der Waals surface area contributed by atoms with Crippen LogP contribution in [0.2, 0.25) is 0 Å². The average Bonchev–Trinajstić information content (AvgIpc) is 2.08. The zero-order valence-electron chi connectivity index (χ0n) is 6.30. The lowest BCUT2D eigenvalue weighted by Gasteiger charge is -2.03. The van der Waals surface area contributed by atoms with Gasteiger partial charge in [-0.25, -0.2) is 9.37 Å². The molecule has 1 amide bonds. The minimum absolute atomic E-state index is 0.206. The Morgan fingerprint density at radius 3 is 2.69 bits per heavy atom. The number of anilines is 1. The summed E-state index contributed by atoms with van der Waals surface area (Å²) in [7, 11) is 0. The number of aromatic nitrogens is 1. The van der Waals surface area contributed by atoms with Crippen molar-refractivity contribution >= 4 is 34.9 Å². The van der Waals surface area contributed by atoms with E-state index in [0.29, 0.717) is 0 Å². The molecule has 1 heterocycles. The normalized spacial score (nSPS) is 10.2. The number of rotatable bonds is 2. The largest absolute Gasteiger partial charge is 0.308 e. The molecule has 6 heteroatoms. The summed E-state index contributed by atoms with van der Waals surface area (Å²) in [6, 6.07) is 2.48. The number of amides is 1. The molecule has 1 rings (SSSR count). The SMILES string of the molecule is O=C(Nc1ccc(F)cn1)C(Cl)Cl. The molecule has 0 atom stereocenters. The molecule has 70 valence electrons. The predicted molar refractivity (Wildman–Crippen MR) is 48.3 cm³/mol. The molecule has 0 bridgehead atoms. The second-order valence-electron chi connectivity index (χ2n) is 2.15. The van der Waals surface area contributed by atoms with Gasteiger partial charge in [-0.3, -0.25) is 4.79 Å². The lowest BCUT2D eigenvalue weighted by atomic mass is 10.4. The highest BCUT2D eigenvalue weighted by Gasteiger charge is 2.11. The van der Waals surface area contributed by atoms with Crippen LogP contribution in [0.3, 0.4) is 0 Å². The van der Waals surface area contributed by atoms with E-state index in [-0.39, 0.29) is 5.82 Å². The lowest BCUT2D eigenvalue weighted by Crippen LogP contribution is -2.19. The minimum atomic E-state index is -1.16. The summed E-state index contributed by atoms with van der Waals surface area (Å²) in [5.74, 6) is -0.869. The van der Waals surface area contributed by atoms with Gasteiger partial charge in [0.1, 0.15) is 11.6 Å². The van der Waals surface area contributed by atoms with Gasteiger partial charge in [-0.2, -0.15) is 0 Å². The first-order valence-electron chi connectivity index (χ1n) is 3.30. The van der Waals surface area contributed by atoms with Gasteiger partial charge in [-0.05, 0) is 12.1 Å². The van der Waals surface area contributed by atoms with Crippen molar-refractivity contribution in [3.63, 3.8) is 0 Å². The first-order chi connectivity index (χ1) is 6.09. The van der Waals surface area contributed by atoms with Crippen LogP contribution < -0.4 is 5.32 Å². The van der Waals surface area contributed by atoms with Gasteiger partial charge in [-0.1, -0.05) is 23.2 Å². The summed E-state index contributed by atoms with van der Waals surface area (Å²) in [4.78, 5) is 13.3. The maximum Gasteiger partial charge on any atom is 0.258 e. The standard InChI is InChI=1S/C7H5Cl2FN2O/c8-6(9)7(13)12-5-2-1-4(10)3-11-5/h1-3,6H,(H,11,12,13). The van der Waals surface area contributed by atoms with E-state index < -0.39 is 16.6 Å². The molecule has 0 aliphatic heterocycles. The fourth-order valence-electron chi connectivity index (χ4n) is 0.631. The Bertz CT molecular complexity index is 302. The summed E-state index contributed by atoms with van der Waals surface area (Å²) in [6.45, 7) is 0. The zero-order valence-corrected chi connectivity index (χ0v) is 7.81. The van der Waals surface area contributed by atoms with E-state index in [1.807, 2.05) is 0 Å². The topological polar surface area (TPSA) is 42.0 Å². The van der Waals surface area contributed by atoms with Crippen LogP contribution in [0, 0.1) is 5.82 Å². The van der Waals surface area contributed by atoms with Crippen molar-refractivity contribution in [1.29, 1.82) is 0 Å². The Morgan fingerprint density at radius 1 is 1.54 bits per heavy atom. The Kier molecular flexibility index (Phi) is 3.45. The number of halogens is 3. The molecule has 0 saturated heterocycles. The Hall–Kier alpha value is -0.870. The molecule has 0 fully saturated rings. The van der Waals surface area contributed by atoms with Gasteiger partial charge in [0.2, 0.25) is 0 Å². The predicted octanol–water partition coefficient (Wildman–Crippen LogP) is 1.96. The van der Waals surface area contributed by atoms with Gasteiger partial charge in [0.15, 0.2) is 4.84 Å². The number of alkyl halides is 2. The molecule has 1 aromatic heterocycles. The van der Waals surface area contributed by atoms with Gasteiger partial charge in [0, 0.05) is 0 Å². The highest BCUT2D eigenvalue weighted by atomic mass is 35.5. The van der Waals surface area contributed by atoms with Crippen molar-refractivity contribution in [2.24, 2.45) is 0 Å². The van der Waals surface area contributed by atoms with Crippen LogP contribution in [0.1, 0.15) is 0 Å². The Labute approximate surface area is 83.9 Å². The third-order valence-electron chi connectivity index (χ3n) is 1.18. The summed E-state index contributed by atoms with van der Waals surface area (Å²) < 4.78 is 12.4. The molecular weight excluding hydrogens is 218 g/mol. The number of pyridine rings is 1. The molecule has 0 spiro atoms. The van der Waals surface area contributed by atoms with Crippen molar-refractivity contribution in [3.05, 3.63) is 24.1 Å². The molecule has 0 aliphatic rings. The van der Waals surface area contributed by atoms with E-state index in [0.717, 1.165) is 6.20 Å². The summed E-state index contributed by atoms with van der Waals surface area (Å²) in [5, 5.41) is 2.29. The maximum atomic E-state index is 12.4. The van der Waals surface area contributed by atoms with Crippen molar-refractivity contribution in [1.82, 2.24) is 4.98 Å². The van der Waals surface area contributed by atoms with Crippen LogP contribution in [0.25, 0.3) is 0 Å². The molecule has 1 N–H and O–H groups in total. The fourth-order valence-corrected chi connectivity index (χ4v) is 0.740. The van der Waals surface area contributed by atoms with Crippen molar-refractivity contribution in [2.75, 3.05) is 5.32 Å². The van der Waals surface area contributed by atoms with E-state index in [1.54, 1.807) is 0 Å². The van der Waals surface area contributed by atoms with Gasteiger partial charge in [-0.15, -0.1) is 0 Å². The number of hydrogen-bond donors (Lipinski definition) is 1. The molecule has 0 aromatic carbocycles. The van der Waals surface area contributed by atoms with Crippen molar-refractivity contribution in [3.8, 4) is 0 Å². The van der Waals surface area contributed by atoms with E-state index in [1.165, 1.54) is 12.1 Å². The first kappa shape index (κ1) is 10.2. The van der Waals surface area contributed by atoms with Crippen molar-refractivity contribution in [2.45, 2.75) is 4.84 Å². The van der Waals surface area contributed by atoms with Crippen LogP contribution in [0.5, 0.6) is 0 Å². The third-order valence-corrected chi connectivity index (χ3v) is 1.57.